The van der Waals surface area contributed by atoms with E-state index < -0.39 is 0 Å². The van der Waals surface area contributed by atoms with Crippen molar-refractivity contribution < 1.29 is 9.50 Å². The van der Waals surface area contributed by atoms with E-state index in [0.717, 1.165) is 24.0 Å². The second-order valence-electron chi connectivity index (χ2n) is 3.26. The Bertz CT molecular complexity index is 296. The lowest BCUT2D eigenvalue weighted by Crippen LogP contribution is -1.98. The van der Waals surface area contributed by atoms with Gasteiger partial charge in [0.25, 0.3) is 0 Å². The number of hydrogen-bond acceptors (Lipinski definition) is 1. The predicted molar refractivity (Wildman–Crippen MR) is 44.5 cm³/mol. The molecule has 2 heteroatoms. The van der Waals surface area contributed by atoms with Crippen molar-refractivity contribution in [3.05, 3.63) is 35.1 Å². The van der Waals surface area contributed by atoms with Gasteiger partial charge in [0, 0.05) is 12.5 Å². The highest BCUT2D eigenvalue weighted by Gasteiger charge is 2.21. The molecule has 12 heavy (non-hydrogen) atoms. The van der Waals surface area contributed by atoms with Crippen molar-refractivity contribution in [2.75, 3.05) is 6.61 Å². The van der Waals surface area contributed by atoms with Gasteiger partial charge in [-0.1, -0.05) is 6.07 Å². The monoisotopic (exact) mass is 166 g/mol. The summed E-state index contributed by atoms with van der Waals surface area (Å²) in [5.41, 5.74) is 2.19. The van der Waals surface area contributed by atoms with Crippen LogP contribution in [0.3, 0.4) is 0 Å². The number of rotatable bonds is 1. The first-order chi connectivity index (χ1) is 5.81. The van der Waals surface area contributed by atoms with Crippen molar-refractivity contribution >= 4 is 0 Å². The molecule has 0 saturated heterocycles. The van der Waals surface area contributed by atoms with Crippen molar-refractivity contribution in [1.29, 1.82) is 0 Å². The van der Waals surface area contributed by atoms with Crippen molar-refractivity contribution in [1.82, 2.24) is 0 Å². The maximum atomic E-state index is 12.7. The third-order valence-corrected chi connectivity index (χ3v) is 2.53. The van der Waals surface area contributed by atoms with E-state index in [0.29, 0.717) is 0 Å². The number of benzene rings is 1. The quantitative estimate of drug-likeness (QED) is 0.675. The van der Waals surface area contributed by atoms with Crippen LogP contribution in [0.2, 0.25) is 0 Å². The van der Waals surface area contributed by atoms with Crippen LogP contribution in [-0.2, 0) is 6.42 Å². The van der Waals surface area contributed by atoms with Gasteiger partial charge in [0.2, 0.25) is 0 Å². The molecule has 1 nitrogen and oxygen atoms in total. The van der Waals surface area contributed by atoms with Crippen LogP contribution in [0.5, 0.6) is 0 Å². The van der Waals surface area contributed by atoms with Crippen LogP contribution >= 0.6 is 0 Å². The van der Waals surface area contributed by atoms with Crippen LogP contribution in [-0.4, -0.2) is 11.7 Å². The van der Waals surface area contributed by atoms with Crippen LogP contribution in [0.4, 0.5) is 4.39 Å². The molecule has 64 valence electrons. The first kappa shape index (κ1) is 7.74. The SMILES string of the molecule is OC[C@@H]1CCc2cc(F)ccc21. The molecule has 0 aromatic heterocycles. The predicted octanol–water partition coefficient (Wildman–Crippen LogP) is 1.85. The second-order valence-corrected chi connectivity index (χ2v) is 3.26. The molecule has 0 spiro atoms. The van der Waals surface area contributed by atoms with Gasteiger partial charge in [-0.05, 0) is 36.1 Å². The average molecular weight is 166 g/mol. The summed E-state index contributed by atoms with van der Waals surface area (Å²) in [6.07, 6.45) is 1.85. The van der Waals surface area contributed by atoms with Crippen molar-refractivity contribution in [3.8, 4) is 0 Å². The summed E-state index contributed by atoms with van der Waals surface area (Å²) in [4.78, 5) is 0. The van der Waals surface area contributed by atoms with E-state index in [9.17, 15) is 4.39 Å². The molecule has 1 N–H and O–H groups in total. The molecule has 1 aromatic carbocycles. The smallest absolute Gasteiger partial charge is 0.123 e. The molecule has 0 radical (unpaired) electrons. The minimum Gasteiger partial charge on any atom is -0.396 e. The molecule has 0 amide bonds. The van der Waals surface area contributed by atoms with Crippen molar-refractivity contribution in [2.45, 2.75) is 18.8 Å². The Morgan fingerprint density at radius 2 is 2.33 bits per heavy atom. The normalized spacial score (nSPS) is 21.0. The molecule has 0 bridgehead atoms. The van der Waals surface area contributed by atoms with Gasteiger partial charge in [0.15, 0.2) is 0 Å². The summed E-state index contributed by atoms with van der Waals surface area (Å²) in [6, 6.07) is 4.83. The largest absolute Gasteiger partial charge is 0.396 e. The number of aliphatic hydroxyl groups is 1. The fourth-order valence-corrected chi connectivity index (χ4v) is 1.86. The number of halogens is 1. The lowest BCUT2D eigenvalue weighted by atomic mass is 10.0. The zero-order valence-electron chi connectivity index (χ0n) is 6.76. The molecular formula is C10H11FO. The van der Waals surface area contributed by atoms with Crippen LogP contribution in [0.25, 0.3) is 0 Å². The standard InChI is InChI=1S/C10H11FO/c11-9-3-4-10-7(5-9)1-2-8(10)6-12/h3-5,8,12H,1-2,6H2/t8-/m0/s1. The molecule has 1 aliphatic carbocycles. The zero-order valence-corrected chi connectivity index (χ0v) is 6.76. The molecule has 0 heterocycles. The molecule has 1 atom stereocenters. The molecule has 0 unspecified atom stereocenters. The van der Waals surface area contributed by atoms with Gasteiger partial charge >= 0.3 is 0 Å². The number of aryl methyl sites for hydroxylation is 1. The van der Waals surface area contributed by atoms with Gasteiger partial charge in [-0.15, -0.1) is 0 Å². The summed E-state index contributed by atoms with van der Waals surface area (Å²) >= 11 is 0. The van der Waals surface area contributed by atoms with Crippen molar-refractivity contribution in [3.63, 3.8) is 0 Å². The molecular weight excluding hydrogens is 155 g/mol. The topological polar surface area (TPSA) is 20.2 Å². The van der Waals surface area contributed by atoms with Crippen LogP contribution in [0.15, 0.2) is 18.2 Å². The molecule has 2 rings (SSSR count). The lowest BCUT2D eigenvalue weighted by molar-refractivity contribution is 0.265. The van der Waals surface area contributed by atoms with Crippen LogP contribution < -0.4 is 0 Å². The Labute approximate surface area is 70.8 Å². The summed E-state index contributed by atoms with van der Waals surface area (Å²) in [7, 11) is 0. The molecule has 0 saturated carbocycles. The first-order valence-electron chi connectivity index (χ1n) is 4.20. The van der Waals surface area contributed by atoms with Crippen LogP contribution in [0, 0.1) is 5.82 Å². The molecule has 0 aliphatic heterocycles. The van der Waals surface area contributed by atoms with Gasteiger partial charge < -0.3 is 5.11 Å². The van der Waals surface area contributed by atoms with Gasteiger partial charge in [-0.2, -0.15) is 0 Å². The van der Waals surface area contributed by atoms with E-state index in [1.165, 1.54) is 6.07 Å². The minimum absolute atomic E-state index is 0.174. The first-order valence-corrected chi connectivity index (χ1v) is 4.20. The van der Waals surface area contributed by atoms with Crippen LogP contribution in [0.1, 0.15) is 23.5 Å². The summed E-state index contributed by atoms with van der Waals surface area (Å²) in [5, 5.41) is 8.99. The summed E-state index contributed by atoms with van der Waals surface area (Å²) < 4.78 is 12.7. The molecule has 0 fully saturated rings. The molecule has 1 aliphatic rings. The Balaban J connectivity index is 2.40. The highest BCUT2D eigenvalue weighted by atomic mass is 19.1. The van der Waals surface area contributed by atoms with Gasteiger partial charge in [-0.25, -0.2) is 4.39 Å². The average Bonchev–Trinajstić information content (AvgIpc) is 2.46. The van der Waals surface area contributed by atoms with E-state index in [2.05, 4.69) is 0 Å². The highest BCUT2D eigenvalue weighted by molar-refractivity contribution is 5.35. The van der Waals surface area contributed by atoms with Crippen molar-refractivity contribution in [2.24, 2.45) is 0 Å². The maximum absolute atomic E-state index is 12.7. The third-order valence-electron chi connectivity index (χ3n) is 2.53. The fourth-order valence-electron chi connectivity index (χ4n) is 1.86. The zero-order chi connectivity index (χ0) is 8.55. The van der Waals surface area contributed by atoms with Gasteiger partial charge in [-0.3, -0.25) is 0 Å². The summed E-state index contributed by atoms with van der Waals surface area (Å²) in [5.74, 6) is 0.0629. The van der Waals surface area contributed by atoms with Gasteiger partial charge in [0.05, 0.1) is 0 Å². The third kappa shape index (κ3) is 1.12. The number of aliphatic hydroxyl groups excluding tert-OH is 1. The lowest BCUT2D eigenvalue weighted by Gasteiger charge is -2.06. The maximum Gasteiger partial charge on any atom is 0.123 e. The van der Waals surface area contributed by atoms with E-state index in [-0.39, 0.29) is 18.3 Å². The Morgan fingerprint density at radius 3 is 3.08 bits per heavy atom. The Hall–Kier alpha value is -0.890. The van der Waals surface area contributed by atoms with E-state index >= 15 is 0 Å². The highest BCUT2D eigenvalue weighted by Crippen LogP contribution is 2.32. The fraction of sp³-hybridized carbons (Fsp3) is 0.400. The number of hydrogen-bond donors (Lipinski definition) is 1. The Kier molecular flexibility index (Phi) is 1.85. The van der Waals surface area contributed by atoms with E-state index in [4.69, 9.17) is 5.11 Å². The van der Waals surface area contributed by atoms with Gasteiger partial charge in [0.1, 0.15) is 5.82 Å². The Morgan fingerprint density at radius 1 is 1.50 bits per heavy atom. The second kappa shape index (κ2) is 2.87. The summed E-state index contributed by atoms with van der Waals surface area (Å²) in [6.45, 7) is 0.179. The molecule has 1 aromatic rings. The number of fused-ring (bicyclic) bond motifs is 1. The van der Waals surface area contributed by atoms with E-state index in [1.54, 1.807) is 12.1 Å². The van der Waals surface area contributed by atoms with E-state index in [1.807, 2.05) is 0 Å². The minimum atomic E-state index is -0.174.